The predicted octanol–water partition coefficient (Wildman–Crippen LogP) is 3.92. The quantitative estimate of drug-likeness (QED) is 0.727. The molecule has 1 aliphatic carbocycles. The van der Waals surface area contributed by atoms with E-state index in [9.17, 15) is 0 Å². The van der Waals surface area contributed by atoms with Crippen LogP contribution < -0.4 is 0 Å². The van der Waals surface area contributed by atoms with Gasteiger partial charge < -0.3 is 4.57 Å². The first-order chi connectivity index (χ1) is 10.1. The molecule has 4 nitrogen and oxygen atoms in total. The van der Waals surface area contributed by atoms with Crippen molar-refractivity contribution in [1.82, 2.24) is 19.3 Å². The molecule has 0 saturated heterocycles. The van der Waals surface area contributed by atoms with E-state index in [4.69, 9.17) is 16.6 Å². The van der Waals surface area contributed by atoms with Gasteiger partial charge in [0.05, 0.1) is 5.69 Å². The van der Waals surface area contributed by atoms with Gasteiger partial charge in [0.15, 0.2) is 5.65 Å². The third-order valence-electron chi connectivity index (χ3n) is 4.73. The Bertz CT molecular complexity index is 636. The number of imidazole rings is 1. The summed E-state index contributed by atoms with van der Waals surface area (Å²) in [6, 6.07) is 0. The Hall–Kier alpha value is -1.03. The Kier molecular flexibility index (Phi) is 4.00. The van der Waals surface area contributed by atoms with Gasteiger partial charge in [0.1, 0.15) is 11.3 Å². The van der Waals surface area contributed by atoms with E-state index in [1.54, 1.807) is 0 Å². The molecule has 0 spiro atoms. The summed E-state index contributed by atoms with van der Waals surface area (Å²) in [6.45, 7) is 8.44. The third kappa shape index (κ3) is 2.59. The van der Waals surface area contributed by atoms with Crippen LogP contribution in [-0.2, 0) is 19.5 Å². The summed E-state index contributed by atoms with van der Waals surface area (Å²) in [5.74, 6) is 1.75. The Morgan fingerprint density at radius 2 is 2.05 bits per heavy atom. The molecular weight excluding hydrogens is 284 g/mol. The highest BCUT2D eigenvalue weighted by Gasteiger charge is 2.42. The van der Waals surface area contributed by atoms with Crippen molar-refractivity contribution in [1.29, 1.82) is 0 Å². The molecule has 1 fully saturated rings. The largest absolute Gasteiger partial charge is 0.312 e. The standard InChI is InChI=1S/C16H25ClN4/c1-4-7-16(8-9-16)11-20-13(6-10-17)18-14-12(3)19-21(5-2)15(14)20/h4-11H2,1-3H3. The van der Waals surface area contributed by atoms with Crippen molar-refractivity contribution < 1.29 is 0 Å². The maximum Gasteiger partial charge on any atom is 0.158 e. The number of aryl methyl sites for hydroxylation is 3. The fourth-order valence-electron chi connectivity index (χ4n) is 3.46. The highest BCUT2D eigenvalue weighted by atomic mass is 35.5. The lowest BCUT2D eigenvalue weighted by Gasteiger charge is -2.18. The number of rotatable bonds is 7. The van der Waals surface area contributed by atoms with E-state index in [-0.39, 0.29) is 0 Å². The number of hydrogen-bond acceptors (Lipinski definition) is 2. The summed E-state index contributed by atoms with van der Waals surface area (Å²) < 4.78 is 4.50. The number of alkyl halides is 1. The second-order valence-electron chi connectivity index (χ2n) is 6.38. The molecule has 5 heteroatoms. The van der Waals surface area contributed by atoms with Crippen LogP contribution in [0.1, 0.15) is 51.0 Å². The zero-order valence-corrected chi connectivity index (χ0v) is 14.1. The van der Waals surface area contributed by atoms with Crippen molar-refractivity contribution in [2.45, 2.75) is 66.0 Å². The van der Waals surface area contributed by atoms with Gasteiger partial charge in [0, 0.05) is 25.4 Å². The van der Waals surface area contributed by atoms with Gasteiger partial charge in [-0.25, -0.2) is 9.67 Å². The average Bonchev–Trinajstić information content (AvgIpc) is 3.02. The lowest BCUT2D eigenvalue weighted by atomic mass is 10.0. The van der Waals surface area contributed by atoms with Gasteiger partial charge in [0.2, 0.25) is 0 Å². The molecular formula is C16H25ClN4. The zero-order valence-electron chi connectivity index (χ0n) is 13.3. The van der Waals surface area contributed by atoms with Crippen molar-refractivity contribution in [3.05, 3.63) is 11.5 Å². The molecule has 21 heavy (non-hydrogen) atoms. The van der Waals surface area contributed by atoms with Gasteiger partial charge in [-0.05, 0) is 38.5 Å². The Morgan fingerprint density at radius 1 is 1.29 bits per heavy atom. The second kappa shape index (κ2) is 5.64. The van der Waals surface area contributed by atoms with Gasteiger partial charge >= 0.3 is 0 Å². The topological polar surface area (TPSA) is 35.6 Å². The van der Waals surface area contributed by atoms with Crippen LogP contribution in [0.25, 0.3) is 11.2 Å². The molecule has 0 radical (unpaired) electrons. The lowest BCUT2D eigenvalue weighted by molar-refractivity contribution is 0.383. The fourth-order valence-corrected chi connectivity index (χ4v) is 3.63. The van der Waals surface area contributed by atoms with Crippen LogP contribution in [0.3, 0.4) is 0 Å². The second-order valence-corrected chi connectivity index (χ2v) is 6.75. The lowest BCUT2D eigenvalue weighted by Crippen LogP contribution is -2.16. The fraction of sp³-hybridized carbons (Fsp3) is 0.750. The van der Waals surface area contributed by atoms with E-state index in [0.29, 0.717) is 11.3 Å². The summed E-state index contributed by atoms with van der Waals surface area (Å²) in [5, 5.41) is 4.63. The van der Waals surface area contributed by atoms with Crippen molar-refractivity contribution in [2.24, 2.45) is 5.41 Å². The van der Waals surface area contributed by atoms with Crippen LogP contribution in [0.5, 0.6) is 0 Å². The molecule has 0 atom stereocenters. The van der Waals surface area contributed by atoms with Crippen LogP contribution in [0.4, 0.5) is 0 Å². The molecule has 0 N–H and O–H groups in total. The minimum atomic E-state index is 0.500. The molecule has 1 saturated carbocycles. The summed E-state index contributed by atoms with van der Waals surface area (Å²) in [7, 11) is 0. The van der Waals surface area contributed by atoms with Crippen LogP contribution in [0.2, 0.25) is 0 Å². The molecule has 1 aliphatic rings. The maximum absolute atomic E-state index is 5.99. The van der Waals surface area contributed by atoms with Gasteiger partial charge in [-0.15, -0.1) is 11.6 Å². The normalized spacial score (nSPS) is 16.8. The molecule has 2 heterocycles. The molecule has 2 aromatic rings. The van der Waals surface area contributed by atoms with Crippen molar-refractivity contribution in [2.75, 3.05) is 5.88 Å². The summed E-state index contributed by atoms with van der Waals surface area (Å²) >= 11 is 5.99. The van der Waals surface area contributed by atoms with Crippen LogP contribution in [-0.4, -0.2) is 25.2 Å². The van der Waals surface area contributed by atoms with E-state index in [1.165, 1.54) is 31.3 Å². The predicted molar refractivity (Wildman–Crippen MR) is 86.9 cm³/mol. The first kappa shape index (κ1) is 14.9. The first-order valence-corrected chi connectivity index (χ1v) is 8.66. The van der Waals surface area contributed by atoms with E-state index >= 15 is 0 Å². The average molecular weight is 309 g/mol. The molecule has 2 aromatic heterocycles. The van der Waals surface area contributed by atoms with Gasteiger partial charge in [-0.2, -0.15) is 5.10 Å². The van der Waals surface area contributed by atoms with Crippen LogP contribution >= 0.6 is 11.6 Å². The minimum absolute atomic E-state index is 0.500. The van der Waals surface area contributed by atoms with E-state index < -0.39 is 0 Å². The third-order valence-corrected chi connectivity index (χ3v) is 4.92. The van der Waals surface area contributed by atoms with Gasteiger partial charge in [-0.3, -0.25) is 0 Å². The van der Waals surface area contributed by atoms with Crippen molar-refractivity contribution in [3.63, 3.8) is 0 Å². The Balaban J connectivity index is 2.06. The number of hydrogen-bond donors (Lipinski definition) is 0. The molecule has 0 amide bonds. The van der Waals surface area contributed by atoms with Crippen molar-refractivity contribution in [3.8, 4) is 0 Å². The maximum atomic E-state index is 5.99. The van der Waals surface area contributed by atoms with Crippen molar-refractivity contribution >= 4 is 22.8 Å². The Labute approximate surface area is 131 Å². The van der Waals surface area contributed by atoms with E-state index in [1.807, 2.05) is 0 Å². The number of aromatic nitrogens is 4. The van der Waals surface area contributed by atoms with Crippen LogP contribution in [0, 0.1) is 12.3 Å². The number of halogens is 1. The minimum Gasteiger partial charge on any atom is -0.312 e. The smallest absolute Gasteiger partial charge is 0.158 e. The number of nitrogens with zero attached hydrogens (tertiary/aromatic N) is 4. The van der Waals surface area contributed by atoms with Gasteiger partial charge in [-0.1, -0.05) is 13.3 Å². The van der Waals surface area contributed by atoms with E-state index in [0.717, 1.165) is 36.5 Å². The highest BCUT2D eigenvalue weighted by Crippen LogP contribution is 2.51. The summed E-state index contributed by atoms with van der Waals surface area (Å²) in [5.41, 5.74) is 3.78. The molecule has 116 valence electrons. The first-order valence-electron chi connectivity index (χ1n) is 8.12. The molecule has 0 bridgehead atoms. The van der Waals surface area contributed by atoms with Crippen LogP contribution in [0.15, 0.2) is 0 Å². The molecule has 0 aliphatic heterocycles. The SMILES string of the molecule is CCCC1(Cn2c(CCCl)nc3c(C)nn(CC)c32)CC1. The summed E-state index contributed by atoms with van der Waals surface area (Å²) in [4.78, 5) is 4.84. The monoisotopic (exact) mass is 308 g/mol. The Morgan fingerprint density at radius 3 is 2.62 bits per heavy atom. The highest BCUT2D eigenvalue weighted by molar-refractivity contribution is 6.17. The molecule has 3 rings (SSSR count). The molecule has 0 unspecified atom stereocenters. The number of fused-ring (bicyclic) bond motifs is 1. The zero-order chi connectivity index (χ0) is 15.0. The van der Waals surface area contributed by atoms with E-state index in [2.05, 4.69) is 35.1 Å². The molecule has 0 aromatic carbocycles. The van der Waals surface area contributed by atoms with Gasteiger partial charge in [0.25, 0.3) is 0 Å². The summed E-state index contributed by atoms with van der Waals surface area (Å²) in [6.07, 6.45) is 6.10.